The number of fused-ring (bicyclic) bond motifs is 1. The molecule has 1 aliphatic rings. The van der Waals surface area contributed by atoms with E-state index in [0.29, 0.717) is 24.4 Å². The fourth-order valence-corrected chi connectivity index (χ4v) is 5.08. The first-order chi connectivity index (χ1) is 15.2. The molecular formula is C25H33N3O3S. The molecular weight excluding hydrogens is 422 g/mol. The SMILES string of the molecule is CC(C)(C)CC(NC(=O)CCCCCN=C1NS(=O)(=O)c2ccccc21)c1ccccc1. The summed E-state index contributed by atoms with van der Waals surface area (Å²) in [6, 6.07) is 17.0. The number of carbonyl (C=O) groups excluding carboxylic acids is 1. The summed E-state index contributed by atoms with van der Waals surface area (Å²) in [6.07, 6.45) is 3.77. The van der Waals surface area contributed by atoms with Crippen molar-refractivity contribution in [3.8, 4) is 0 Å². The van der Waals surface area contributed by atoms with E-state index in [1.165, 1.54) is 0 Å². The Labute approximate surface area is 191 Å². The van der Waals surface area contributed by atoms with Crippen LogP contribution in [0.2, 0.25) is 0 Å². The zero-order valence-corrected chi connectivity index (χ0v) is 19.9. The minimum Gasteiger partial charge on any atom is -0.349 e. The largest absolute Gasteiger partial charge is 0.349 e. The maximum Gasteiger partial charge on any atom is 0.263 e. The first-order valence-electron chi connectivity index (χ1n) is 11.2. The topological polar surface area (TPSA) is 87.6 Å². The molecule has 0 fully saturated rings. The summed E-state index contributed by atoms with van der Waals surface area (Å²) in [4.78, 5) is 17.3. The highest BCUT2D eigenvalue weighted by atomic mass is 32.2. The lowest BCUT2D eigenvalue weighted by Crippen LogP contribution is -2.31. The number of benzene rings is 2. The Morgan fingerprint density at radius 2 is 1.69 bits per heavy atom. The second-order valence-electron chi connectivity index (χ2n) is 9.44. The van der Waals surface area contributed by atoms with Gasteiger partial charge in [-0.3, -0.25) is 14.5 Å². The van der Waals surface area contributed by atoms with Gasteiger partial charge in [0.15, 0.2) is 0 Å². The first-order valence-corrected chi connectivity index (χ1v) is 12.6. The Balaban J connectivity index is 1.45. The highest BCUT2D eigenvalue weighted by molar-refractivity contribution is 7.90. The van der Waals surface area contributed by atoms with Crippen molar-refractivity contribution in [1.82, 2.24) is 10.0 Å². The molecule has 0 saturated carbocycles. The van der Waals surface area contributed by atoms with Crippen LogP contribution in [0.4, 0.5) is 0 Å². The highest BCUT2D eigenvalue weighted by Gasteiger charge is 2.29. The van der Waals surface area contributed by atoms with Crippen molar-refractivity contribution in [2.75, 3.05) is 6.54 Å². The summed E-state index contributed by atoms with van der Waals surface area (Å²) in [5, 5.41) is 3.20. The molecule has 32 heavy (non-hydrogen) atoms. The van der Waals surface area contributed by atoms with Crippen LogP contribution in [0.5, 0.6) is 0 Å². The summed E-state index contributed by atoms with van der Waals surface area (Å²) < 4.78 is 26.7. The van der Waals surface area contributed by atoms with Crippen LogP contribution in [0, 0.1) is 5.41 Å². The predicted octanol–water partition coefficient (Wildman–Crippen LogP) is 4.58. The van der Waals surface area contributed by atoms with E-state index in [9.17, 15) is 13.2 Å². The third kappa shape index (κ3) is 6.66. The molecule has 1 amide bonds. The van der Waals surface area contributed by atoms with E-state index in [1.807, 2.05) is 18.2 Å². The molecule has 0 bridgehead atoms. The van der Waals surface area contributed by atoms with Crippen LogP contribution in [-0.2, 0) is 14.8 Å². The minimum atomic E-state index is -3.49. The van der Waals surface area contributed by atoms with Gasteiger partial charge in [-0.25, -0.2) is 8.42 Å². The lowest BCUT2D eigenvalue weighted by atomic mass is 9.85. The van der Waals surface area contributed by atoms with Crippen LogP contribution in [0.3, 0.4) is 0 Å². The third-order valence-electron chi connectivity index (χ3n) is 5.35. The standard InChI is InChI=1S/C25H33N3O3S/c1-25(2,3)18-21(19-12-6-4-7-13-19)27-23(29)16-8-5-11-17-26-24-20-14-9-10-15-22(20)32(30,31)28-24/h4,6-7,9-10,12-15,21H,5,8,11,16-18H2,1-3H3,(H,26,28)(H,27,29). The van der Waals surface area contributed by atoms with Crippen molar-refractivity contribution in [3.05, 3.63) is 65.7 Å². The quantitative estimate of drug-likeness (QED) is 0.543. The molecule has 2 N–H and O–H groups in total. The molecule has 7 heteroatoms. The van der Waals surface area contributed by atoms with Crippen LogP contribution in [0.25, 0.3) is 0 Å². The molecule has 2 aromatic carbocycles. The lowest BCUT2D eigenvalue weighted by Gasteiger charge is -2.27. The predicted molar refractivity (Wildman–Crippen MR) is 128 cm³/mol. The Hall–Kier alpha value is -2.67. The van der Waals surface area contributed by atoms with E-state index in [4.69, 9.17) is 0 Å². The number of nitrogens with one attached hydrogen (secondary N) is 2. The Bertz CT molecular complexity index is 1060. The van der Waals surface area contributed by atoms with Gasteiger partial charge in [-0.15, -0.1) is 0 Å². The molecule has 0 aliphatic carbocycles. The average molecular weight is 456 g/mol. The monoisotopic (exact) mass is 455 g/mol. The van der Waals surface area contributed by atoms with Gasteiger partial charge in [0.05, 0.1) is 10.9 Å². The molecule has 6 nitrogen and oxygen atoms in total. The van der Waals surface area contributed by atoms with Crippen LogP contribution in [0.15, 0.2) is 64.5 Å². The van der Waals surface area contributed by atoms with Crippen LogP contribution in [0.1, 0.15) is 70.0 Å². The Kier molecular flexibility index (Phi) is 7.72. The van der Waals surface area contributed by atoms with Crippen LogP contribution < -0.4 is 10.0 Å². The van der Waals surface area contributed by atoms with Gasteiger partial charge in [0.2, 0.25) is 5.91 Å². The minimum absolute atomic E-state index is 0.00515. The van der Waals surface area contributed by atoms with E-state index in [2.05, 4.69) is 47.9 Å². The van der Waals surface area contributed by atoms with Crippen LogP contribution >= 0.6 is 0 Å². The third-order valence-corrected chi connectivity index (χ3v) is 6.75. The van der Waals surface area contributed by atoms with Crippen molar-refractivity contribution in [1.29, 1.82) is 0 Å². The van der Waals surface area contributed by atoms with Gasteiger partial charge in [-0.2, -0.15) is 0 Å². The molecule has 1 unspecified atom stereocenters. The number of nitrogens with zero attached hydrogens (tertiary/aromatic N) is 1. The molecule has 1 aliphatic heterocycles. The molecule has 0 aromatic heterocycles. The van der Waals surface area contributed by atoms with Crippen molar-refractivity contribution >= 4 is 21.8 Å². The van der Waals surface area contributed by atoms with Crippen molar-refractivity contribution in [2.24, 2.45) is 10.4 Å². The molecule has 2 aromatic rings. The number of hydrogen-bond acceptors (Lipinski definition) is 4. The maximum absolute atomic E-state index is 12.5. The second-order valence-corrected chi connectivity index (χ2v) is 11.1. The van der Waals surface area contributed by atoms with Gasteiger partial charge >= 0.3 is 0 Å². The number of aliphatic imine (C=N–C) groups is 1. The number of amidine groups is 1. The van der Waals surface area contributed by atoms with Gasteiger partial charge < -0.3 is 5.32 Å². The number of rotatable bonds is 9. The molecule has 172 valence electrons. The molecule has 3 rings (SSSR count). The summed E-state index contributed by atoms with van der Waals surface area (Å²) in [7, 11) is -3.49. The van der Waals surface area contributed by atoms with E-state index in [0.717, 1.165) is 31.2 Å². The van der Waals surface area contributed by atoms with E-state index < -0.39 is 10.0 Å². The zero-order chi connectivity index (χ0) is 23.2. The normalized spacial score (nSPS) is 16.9. The lowest BCUT2D eigenvalue weighted by molar-refractivity contribution is -0.122. The fourth-order valence-electron chi connectivity index (χ4n) is 3.83. The summed E-state index contributed by atoms with van der Waals surface area (Å²) >= 11 is 0. The molecule has 1 heterocycles. The molecule has 1 atom stereocenters. The summed E-state index contributed by atoms with van der Waals surface area (Å²) in [6.45, 7) is 7.06. The second kappa shape index (κ2) is 10.3. The van der Waals surface area contributed by atoms with Gasteiger partial charge in [-0.1, -0.05) is 69.7 Å². The van der Waals surface area contributed by atoms with Gasteiger partial charge in [0, 0.05) is 18.5 Å². The van der Waals surface area contributed by atoms with E-state index in [-0.39, 0.29) is 22.3 Å². The Morgan fingerprint density at radius 3 is 2.41 bits per heavy atom. The number of hydrogen-bond donors (Lipinski definition) is 2. The van der Waals surface area contributed by atoms with Gasteiger partial charge in [0.1, 0.15) is 5.84 Å². The number of sulfonamides is 1. The average Bonchev–Trinajstić information content (AvgIpc) is 3.00. The maximum atomic E-state index is 12.5. The molecule has 0 spiro atoms. The highest BCUT2D eigenvalue weighted by Crippen LogP contribution is 2.29. The smallest absolute Gasteiger partial charge is 0.263 e. The number of unbranched alkanes of at least 4 members (excludes halogenated alkanes) is 2. The van der Waals surface area contributed by atoms with E-state index >= 15 is 0 Å². The zero-order valence-electron chi connectivity index (χ0n) is 19.1. The number of carbonyl (C=O) groups is 1. The fraction of sp³-hybridized carbons (Fsp3) is 0.440. The van der Waals surface area contributed by atoms with Crippen molar-refractivity contribution < 1.29 is 13.2 Å². The Morgan fingerprint density at radius 1 is 1.00 bits per heavy atom. The number of amides is 1. The first kappa shape index (κ1) is 24.0. The summed E-state index contributed by atoms with van der Waals surface area (Å²) in [5.74, 6) is 0.470. The van der Waals surface area contributed by atoms with Gasteiger partial charge in [0.25, 0.3) is 10.0 Å². The molecule has 0 radical (unpaired) electrons. The molecule has 0 saturated heterocycles. The van der Waals surface area contributed by atoms with Crippen LogP contribution in [-0.4, -0.2) is 26.7 Å². The van der Waals surface area contributed by atoms with Crippen molar-refractivity contribution in [3.63, 3.8) is 0 Å². The van der Waals surface area contributed by atoms with Crippen molar-refractivity contribution in [2.45, 2.75) is 63.8 Å². The van der Waals surface area contributed by atoms with Gasteiger partial charge in [-0.05, 0) is 42.4 Å². The summed E-state index contributed by atoms with van der Waals surface area (Å²) in [5.41, 5.74) is 1.86. The van der Waals surface area contributed by atoms with E-state index in [1.54, 1.807) is 24.3 Å².